The maximum absolute atomic E-state index is 6.20. The Bertz CT molecular complexity index is 336. The molecule has 1 aromatic carbocycles. The minimum absolute atomic E-state index is 0.286. The van der Waals surface area contributed by atoms with Crippen LogP contribution in [0.1, 0.15) is 11.6 Å². The molecule has 3 heteroatoms. The Hall–Kier alpha value is -0.830. The van der Waals surface area contributed by atoms with Gasteiger partial charge in [0.2, 0.25) is 0 Å². The van der Waals surface area contributed by atoms with E-state index in [4.69, 9.17) is 11.6 Å². The molecule has 88 valence electrons. The summed E-state index contributed by atoms with van der Waals surface area (Å²) in [5.74, 6) is 0. The Labute approximate surface area is 103 Å². The Morgan fingerprint density at radius 2 is 2.12 bits per heavy atom. The summed E-state index contributed by atoms with van der Waals surface area (Å²) in [5, 5.41) is 4.14. The highest BCUT2D eigenvalue weighted by Crippen LogP contribution is 2.25. The molecule has 0 saturated carbocycles. The zero-order valence-corrected chi connectivity index (χ0v) is 10.7. The van der Waals surface area contributed by atoms with Gasteiger partial charge >= 0.3 is 0 Å². The van der Waals surface area contributed by atoms with Crippen LogP contribution in [0.25, 0.3) is 0 Å². The predicted molar refractivity (Wildman–Crippen MR) is 70.9 cm³/mol. The molecular weight excluding hydrogens is 220 g/mol. The molecule has 0 aromatic heterocycles. The van der Waals surface area contributed by atoms with Crippen molar-refractivity contribution in [3.05, 3.63) is 47.5 Å². The maximum atomic E-state index is 6.20. The van der Waals surface area contributed by atoms with Crippen molar-refractivity contribution >= 4 is 11.6 Å². The number of nitrogens with zero attached hydrogens (tertiary/aromatic N) is 1. The summed E-state index contributed by atoms with van der Waals surface area (Å²) < 4.78 is 0. The first-order valence-electron chi connectivity index (χ1n) is 5.39. The average Bonchev–Trinajstić information content (AvgIpc) is 2.25. The molecule has 0 heterocycles. The van der Waals surface area contributed by atoms with E-state index in [-0.39, 0.29) is 6.04 Å². The topological polar surface area (TPSA) is 15.3 Å². The lowest BCUT2D eigenvalue weighted by Gasteiger charge is -2.25. The van der Waals surface area contributed by atoms with Crippen molar-refractivity contribution < 1.29 is 0 Å². The monoisotopic (exact) mass is 238 g/mol. The summed E-state index contributed by atoms with van der Waals surface area (Å²) in [6, 6.07) is 8.26. The molecule has 1 atom stereocenters. The van der Waals surface area contributed by atoms with Gasteiger partial charge in [-0.25, -0.2) is 0 Å². The van der Waals surface area contributed by atoms with Gasteiger partial charge in [0.1, 0.15) is 0 Å². The largest absolute Gasteiger partial charge is 0.311 e. The number of benzene rings is 1. The quantitative estimate of drug-likeness (QED) is 0.606. The molecule has 0 spiro atoms. The SMILES string of the molecule is C=CCNCC(c1ccccc1Cl)N(C)C. The van der Waals surface area contributed by atoms with Gasteiger partial charge in [-0.05, 0) is 25.7 Å². The van der Waals surface area contributed by atoms with Crippen LogP contribution in [-0.4, -0.2) is 32.1 Å². The van der Waals surface area contributed by atoms with E-state index in [1.54, 1.807) is 0 Å². The molecule has 0 aliphatic rings. The van der Waals surface area contributed by atoms with Crippen molar-refractivity contribution in [1.82, 2.24) is 10.2 Å². The Balaban J connectivity index is 2.77. The Kier molecular flexibility index (Phi) is 5.53. The molecule has 0 aliphatic carbocycles. The number of nitrogens with one attached hydrogen (secondary N) is 1. The minimum atomic E-state index is 0.286. The van der Waals surface area contributed by atoms with Crippen molar-refractivity contribution in [3.63, 3.8) is 0 Å². The lowest BCUT2D eigenvalue weighted by molar-refractivity contribution is 0.291. The first kappa shape index (κ1) is 13.2. The summed E-state index contributed by atoms with van der Waals surface area (Å²) in [6.07, 6.45) is 1.86. The number of hydrogen-bond acceptors (Lipinski definition) is 2. The van der Waals surface area contributed by atoms with Crippen LogP contribution in [0.15, 0.2) is 36.9 Å². The highest BCUT2D eigenvalue weighted by molar-refractivity contribution is 6.31. The third kappa shape index (κ3) is 3.63. The van der Waals surface area contributed by atoms with E-state index in [2.05, 4.69) is 37.0 Å². The van der Waals surface area contributed by atoms with E-state index >= 15 is 0 Å². The van der Waals surface area contributed by atoms with Gasteiger partial charge in [-0.15, -0.1) is 6.58 Å². The van der Waals surface area contributed by atoms with E-state index in [9.17, 15) is 0 Å². The first-order valence-corrected chi connectivity index (χ1v) is 5.77. The van der Waals surface area contributed by atoms with E-state index in [0.29, 0.717) is 0 Å². The fourth-order valence-electron chi connectivity index (χ4n) is 1.64. The van der Waals surface area contributed by atoms with Crippen LogP contribution in [0.5, 0.6) is 0 Å². The van der Waals surface area contributed by atoms with Crippen LogP contribution in [-0.2, 0) is 0 Å². The standard InChI is InChI=1S/C13H19ClN2/c1-4-9-15-10-13(16(2)3)11-7-5-6-8-12(11)14/h4-8,13,15H,1,9-10H2,2-3H3. The second-order valence-electron chi connectivity index (χ2n) is 3.95. The van der Waals surface area contributed by atoms with E-state index < -0.39 is 0 Å². The van der Waals surface area contributed by atoms with Crippen LogP contribution < -0.4 is 5.32 Å². The van der Waals surface area contributed by atoms with Crippen LogP contribution in [0.2, 0.25) is 5.02 Å². The number of halogens is 1. The van der Waals surface area contributed by atoms with Gasteiger partial charge in [0.05, 0.1) is 0 Å². The molecule has 1 aromatic rings. The zero-order valence-electron chi connectivity index (χ0n) is 9.91. The minimum Gasteiger partial charge on any atom is -0.311 e. The fourth-order valence-corrected chi connectivity index (χ4v) is 1.90. The third-order valence-electron chi connectivity index (χ3n) is 2.51. The molecule has 0 fully saturated rings. The summed E-state index contributed by atoms with van der Waals surface area (Å²) in [5.41, 5.74) is 1.16. The average molecular weight is 239 g/mol. The predicted octanol–water partition coefficient (Wildman–Crippen LogP) is 2.72. The lowest BCUT2D eigenvalue weighted by atomic mass is 10.1. The molecule has 0 radical (unpaired) electrons. The van der Waals surface area contributed by atoms with Gasteiger partial charge in [-0.3, -0.25) is 0 Å². The van der Waals surface area contributed by atoms with Crippen LogP contribution in [0.4, 0.5) is 0 Å². The van der Waals surface area contributed by atoms with Crippen molar-refractivity contribution in [2.24, 2.45) is 0 Å². The second kappa shape index (κ2) is 6.69. The molecule has 2 nitrogen and oxygen atoms in total. The van der Waals surface area contributed by atoms with Gasteiger partial charge in [0.15, 0.2) is 0 Å². The molecular formula is C13H19ClN2. The highest BCUT2D eigenvalue weighted by Gasteiger charge is 2.15. The third-order valence-corrected chi connectivity index (χ3v) is 2.86. The lowest BCUT2D eigenvalue weighted by Crippen LogP contribution is -2.31. The molecule has 0 bridgehead atoms. The normalized spacial score (nSPS) is 12.8. The number of rotatable bonds is 6. The fraction of sp³-hybridized carbons (Fsp3) is 0.385. The summed E-state index contributed by atoms with van der Waals surface area (Å²) in [6.45, 7) is 5.37. The second-order valence-corrected chi connectivity index (χ2v) is 4.36. The van der Waals surface area contributed by atoms with Crippen LogP contribution in [0, 0.1) is 0 Å². The van der Waals surface area contributed by atoms with Crippen LogP contribution in [0.3, 0.4) is 0 Å². The molecule has 0 saturated heterocycles. The van der Waals surface area contributed by atoms with Gasteiger partial charge in [-0.2, -0.15) is 0 Å². The van der Waals surface area contributed by atoms with Crippen molar-refractivity contribution in [2.75, 3.05) is 27.2 Å². The first-order chi connectivity index (χ1) is 7.66. The van der Waals surface area contributed by atoms with Gasteiger partial charge in [0.25, 0.3) is 0 Å². The Morgan fingerprint density at radius 1 is 1.44 bits per heavy atom. The summed E-state index contributed by atoms with van der Waals surface area (Å²) in [7, 11) is 4.12. The smallest absolute Gasteiger partial charge is 0.0481 e. The number of hydrogen-bond donors (Lipinski definition) is 1. The van der Waals surface area contributed by atoms with Crippen molar-refractivity contribution in [3.8, 4) is 0 Å². The highest BCUT2D eigenvalue weighted by atomic mass is 35.5. The molecule has 1 rings (SSSR count). The molecule has 0 amide bonds. The zero-order chi connectivity index (χ0) is 12.0. The summed E-state index contributed by atoms with van der Waals surface area (Å²) >= 11 is 6.20. The van der Waals surface area contributed by atoms with E-state index in [1.807, 2.05) is 24.3 Å². The number of likely N-dealkylation sites (N-methyl/N-ethyl adjacent to an activating group) is 1. The van der Waals surface area contributed by atoms with E-state index in [1.165, 1.54) is 0 Å². The summed E-state index contributed by atoms with van der Waals surface area (Å²) in [4.78, 5) is 2.16. The van der Waals surface area contributed by atoms with E-state index in [0.717, 1.165) is 23.7 Å². The van der Waals surface area contributed by atoms with Gasteiger partial charge in [0, 0.05) is 24.2 Å². The van der Waals surface area contributed by atoms with Gasteiger partial charge < -0.3 is 10.2 Å². The molecule has 16 heavy (non-hydrogen) atoms. The molecule has 1 unspecified atom stereocenters. The Morgan fingerprint density at radius 3 is 2.69 bits per heavy atom. The molecule has 0 aliphatic heterocycles. The van der Waals surface area contributed by atoms with Gasteiger partial charge in [-0.1, -0.05) is 35.9 Å². The van der Waals surface area contributed by atoms with Crippen molar-refractivity contribution in [2.45, 2.75) is 6.04 Å². The van der Waals surface area contributed by atoms with Crippen molar-refractivity contribution in [1.29, 1.82) is 0 Å². The van der Waals surface area contributed by atoms with Crippen LogP contribution >= 0.6 is 11.6 Å². The molecule has 1 N–H and O–H groups in total. The maximum Gasteiger partial charge on any atom is 0.0481 e.